The largest absolute Gasteiger partial charge is 0.477 e. The van der Waals surface area contributed by atoms with Gasteiger partial charge in [0, 0.05) is 57.7 Å². The van der Waals surface area contributed by atoms with Gasteiger partial charge in [0.05, 0.1) is 6.20 Å². The fourth-order valence-corrected chi connectivity index (χ4v) is 3.10. The molecule has 1 atom stereocenters. The molecule has 1 aliphatic rings. The minimum absolute atomic E-state index is 0.0241. The van der Waals surface area contributed by atoms with E-state index in [2.05, 4.69) is 15.1 Å². The van der Waals surface area contributed by atoms with Gasteiger partial charge >= 0.3 is 5.97 Å². The second-order valence-electron chi connectivity index (χ2n) is 6.27. The van der Waals surface area contributed by atoms with E-state index >= 15 is 0 Å². The van der Waals surface area contributed by atoms with E-state index in [1.807, 2.05) is 19.4 Å². The summed E-state index contributed by atoms with van der Waals surface area (Å²) in [4.78, 5) is 27.9. The van der Waals surface area contributed by atoms with Gasteiger partial charge in [0.25, 0.3) is 0 Å². The fourth-order valence-electron chi connectivity index (χ4n) is 3.10. The topological polar surface area (TPSA) is 96.5 Å². The highest BCUT2D eigenvalue weighted by Crippen LogP contribution is 2.15. The first-order chi connectivity index (χ1) is 12.0. The van der Waals surface area contributed by atoms with Crippen molar-refractivity contribution >= 4 is 11.9 Å². The number of hydrogen-bond acceptors (Lipinski definition) is 5. The Kier molecular flexibility index (Phi) is 4.84. The van der Waals surface area contributed by atoms with Gasteiger partial charge in [-0.05, 0) is 13.0 Å². The van der Waals surface area contributed by atoms with Crippen LogP contribution >= 0.6 is 0 Å². The van der Waals surface area contributed by atoms with Crippen LogP contribution in [-0.2, 0) is 18.4 Å². The molecule has 1 fully saturated rings. The van der Waals surface area contributed by atoms with Crippen molar-refractivity contribution in [3.8, 4) is 0 Å². The summed E-state index contributed by atoms with van der Waals surface area (Å²) in [6.45, 7) is 5.29. The number of aryl methyl sites for hydroxylation is 1. The van der Waals surface area contributed by atoms with Crippen molar-refractivity contribution in [2.75, 3.05) is 26.2 Å². The Bertz CT molecular complexity index is 760. The maximum absolute atomic E-state index is 12.7. The number of aromatic carboxylic acids is 1. The molecule has 0 bridgehead atoms. The summed E-state index contributed by atoms with van der Waals surface area (Å²) in [5.41, 5.74) is 1.18. The van der Waals surface area contributed by atoms with Crippen LogP contribution in [0.3, 0.4) is 0 Å². The van der Waals surface area contributed by atoms with Crippen molar-refractivity contribution in [1.82, 2.24) is 29.4 Å². The third-order valence-corrected chi connectivity index (χ3v) is 4.46. The lowest BCUT2D eigenvalue weighted by Gasteiger charge is -2.35. The molecule has 0 saturated carbocycles. The first-order valence-corrected chi connectivity index (χ1v) is 8.21. The number of aromatic nitrogens is 4. The molecule has 1 amide bonds. The lowest BCUT2D eigenvalue weighted by Crippen LogP contribution is -2.50. The number of rotatable bonds is 5. The summed E-state index contributed by atoms with van der Waals surface area (Å²) in [6.07, 6.45) is 5.24. The number of carbonyl (C=O) groups excluding carboxylic acids is 1. The Morgan fingerprint density at radius 2 is 1.96 bits per heavy atom. The molecule has 0 spiro atoms. The molecule has 1 N–H and O–H groups in total. The van der Waals surface area contributed by atoms with Crippen molar-refractivity contribution in [2.45, 2.75) is 19.5 Å². The number of carboxylic acids is 1. The molecule has 1 aliphatic heterocycles. The molecule has 0 aliphatic carbocycles. The Labute approximate surface area is 145 Å². The second kappa shape index (κ2) is 7.06. The van der Waals surface area contributed by atoms with Crippen molar-refractivity contribution in [2.24, 2.45) is 7.05 Å². The average Bonchev–Trinajstić information content (AvgIpc) is 3.23. The van der Waals surface area contributed by atoms with Crippen molar-refractivity contribution in [3.05, 3.63) is 35.9 Å². The van der Waals surface area contributed by atoms with E-state index in [0.29, 0.717) is 13.1 Å². The van der Waals surface area contributed by atoms with E-state index in [4.69, 9.17) is 0 Å². The molecule has 0 aromatic carbocycles. The Hall–Kier alpha value is -2.68. The predicted molar refractivity (Wildman–Crippen MR) is 89.0 cm³/mol. The number of amides is 1. The summed E-state index contributed by atoms with van der Waals surface area (Å²) in [5.74, 6) is -1.19. The normalized spacial score (nSPS) is 16.8. The third kappa shape index (κ3) is 3.71. The summed E-state index contributed by atoms with van der Waals surface area (Å²) in [7, 11) is 1.89. The Morgan fingerprint density at radius 3 is 2.56 bits per heavy atom. The maximum atomic E-state index is 12.7. The standard InChI is InChI=1S/C16H22N6O3/c1-12(22-14(16(24)25)3-4-17-22)15(23)21-7-5-20(6-8-21)11-13-9-18-19(2)10-13/h3-4,9-10,12H,5-8,11H2,1-2H3,(H,24,25). The zero-order valence-corrected chi connectivity index (χ0v) is 14.4. The van der Waals surface area contributed by atoms with Gasteiger partial charge in [-0.1, -0.05) is 0 Å². The molecule has 0 radical (unpaired) electrons. The maximum Gasteiger partial charge on any atom is 0.354 e. The van der Waals surface area contributed by atoms with Gasteiger partial charge < -0.3 is 10.0 Å². The first kappa shape index (κ1) is 17.2. The van der Waals surface area contributed by atoms with Crippen LogP contribution in [0.15, 0.2) is 24.7 Å². The Balaban J connectivity index is 1.57. The van der Waals surface area contributed by atoms with E-state index in [-0.39, 0.29) is 11.6 Å². The van der Waals surface area contributed by atoms with E-state index in [0.717, 1.165) is 25.2 Å². The zero-order chi connectivity index (χ0) is 18.0. The van der Waals surface area contributed by atoms with E-state index in [1.54, 1.807) is 16.5 Å². The molecule has 1 unspecified atom stereocenters. The van der Waals surface area contributed by atoms with Crippen LogP contribution in [0.5, 0.6) is 0 Å². The number of piperazine rings is 1. The molecular formula is C16H22N6O3. The van der Waals surface area contributed by atoms with Crippen molar-refractivity contribution < 1.29 is 14.7 Å². The number of hydrogen-bond donors (Lipinski definition) is 1. The minimum Gasteiger partial charge on any atom is -0.477 e. The average molecular weight is 346 g/mol. The highest BCUT2D eigenvalue weighted by atomic mass is 16.4. The van der Waals surface area contributed by atoms with Crippen molar-refractivity contribution in [1.29, 1.82) is 0 Å². The van der Waals surface area contributed by atoms with Gasteiger partial charge in [-0.3, -0.25) is 14.4 Å². The van der Waals surface area contributed by atoms with Crippen molar-refractivity contribution in [3.63, 3.8) is 0 Å². The van der Waals surface area contributed by atoms with Gasteiger partial charge in [-0.15, -0.1) is 0 Å². The fraction of sp³-hybridized carbons (Fsp3) is 0.500. The van der Waals surface area contributed by atoms with Crippen LogP contribution in [0.2, 0.25) is 0 Å². The molecular weight excluding hydrogens is 324 g/mol. The predicted octanol–water partition coefficient (Wildman–Crippen LogP) is 0.220. The number of carbonyl (C=O) groups is 2. The Morgan fingerprint density at radius 1 is 1.24 bits per heavy atom. The lowest BCUT2D eigenvalue weighted by molar-refractivity contribution is -0.136. The quantitative estimate of drug-likeness (QED) is 0.832. The molecule has 3 rings (SSSR count). The van der Waals surface area contributed by atoms with Crippen LogP contribution < -0.4 is 0 Å². The lowest BCUT2D eigenvalue weighted by atomic mass is 10.2. The molecule has 1 saturated heterocycles. The van der Waals surface area contributed by atoms with Crippen LogP contribution in [0, 0.1) is 0 Å². The second-order valence-corrected chi connectivity index (χ2v) is 6.27. The smallest absolute Gasteiger partial charge is 0.354 e. The summed E-state index contributed by atoms with van der Waals surface area (Å²) < 4.78 is 3.05. The van der Waals surface area contributed by atoms with Gasteiger partial charge in [0.15, 0.2) is 0 Å². The molecule has 2 aromatic rings. The minimum atomic E-state index is -1.08. The molecule has 134 valence electrons. The van der Waals surface area contributed by atoms with Gasteiger partial charge in [-0.2, -0.15) is 10.2 Å². The first-order valence-electron chi connectivity index (χ1n) is 8.21. The zero-order valence-electron chi connectivity index (χ0n) is 14.4. The van der Waals surface area contributed by atoms with Gasteiger partial charge in [-0.25, -0.2) is 9.48 Å². The van der Waals surface area contributed by atoms with E-state index in [9.17, 15) is 14.7 Å². The number of carboxylic acid groups (broad SMARTS) is 1. The highest BCUT2D eigenvalue weighted by molar-refractivity contribution is 5.87. The third-order valence-electron chi connectivity index (χ3n) is 4.46. The summed E-state index contributed by atoms with van der Waals surface area (Å²) in [6, 6.07) is 0.767. The van der Waals surface area contributed by atoms with Gasteiger partial charge in [0.1, 0.15) is 11.7 Å². The molecule has 9 nitrogen and oxygen atoms in total. The van der Waals surface area contributed by atoms with Gasteiger partial charge in [0.2, 0.25) is 5.91 Å². The molecule has 25 heavy (non-hydrogen) atoms. The molecule has 2 aromatic heterocycles. The van der Waals surface area contributed by atoms with Crippen LogP contribution in [-0.4, -0.2) is 72.5 Å². The van der Waals surface area contributed by atoms with E-state index in [1.165, 1.54) is 16.9 Å². The number of nitrogens with zero attached hydrogens (tertiary/aromatic N) is 6. The molecule has 9 heteroatoms. The van der Waals surface area contributed by atoms with Crippen LogP contribution in [0.25, 0.3) is 0 Å². The SMILES string of the molecule is CC(C(=O)N1CCN(Cc2cnn(C)c2)CC1)n1nccc1C(=O)O. The van der Waals surface area contributed by atoms with E-state index < -0.39 is 12.0 Å². The van der Waals surface area contributed by atoms with Crippen LogP contribution in [0.4, 0.5) is 0 Å². The van der Waals surface area contributed by atoms with Crippen LogP contribution in [0.1, 0.15) is 29.0 Å². The summed E-state index contributed by atoms with van der Waals surface area (Å²) >= 11 is 0. The highest BCUT2D eigenvalue weighted by Gasteiger charge is 2.28. The molecule has 3 heterocycles. The monoisotopic (exact) mass is 346 g/mol. The summed E-state index contributed by atoms with van der Waals surface area (Å²) in [5, 5.41) is 17.3.